The molecule has 4 heterocycles. The fourth-order valence-electron chi connectivity index (χ4n) is 3.81. The molecule has 9 nitrogen and oxygen atoms in total. The highest BCUT2D eigenvalue weighted by atomic mass is 32.1. The summed E-state index contributed by atoms with van der Waals surface area (Å²) >= 11 is 1.44. The van der Waals surface area contributed by atoms with E-state index in [0.29, 0.717) is 23.4 Å². The van der Waals surface area contributed by atoms with E-state index >= 15 is 0 Å². The number of anilines is 2. The van der Waals surface area contributed by atoms with Crippen molar-refractivity contribution in [3.63, 3.8) is 0 Å². The Balaban J connectivity index is 1.23. The third-order valence-electron chi connectivity index (χ3n) is 6.10. The summed E-state index contributed by atoms with van der Waals surface area (Å²) in [5.74, 6) is 0.418. The number of nitrogens with one attached hydrogen (secondary N) is 3. The normalized spacial score (nSPS) is 13.9. The zero-order valence-corrected chi connectivity index (χ0v) is 21.7. The Morgan fingerprint density at radius 1 is 1.19 bits per heavy atom. The summed E-state index contributed by atoms with van der Waals surface area (Å²) in [4.78, 5) is 26.7. The van der Waals surface area contributed by atoms with Crippen LogP contribution < -0.4 is 16.0 Å². The van der Waals surface area contributed by atoms with Crippen molar-refractivity contribution in [3.05, 3.63) is 70.1 Å². The smallest absolute Gasteiger partial charge is 0.263 e. The molecule has 1 saturated heterocycles. The van der Waals surface area contributed by atoms with Crippen LogP contribution >= 0.6 is 11.3 Å². The van der Waals surface area contributed by atoms with E-state index in [1.165, 1.54) is 11.3 Å². The molecule has 1 amide bonds. The number of nitrogens with zero attached hydrogens (tertiary/aromatic N) is 5. The summed E-state index contributed by atoms with van der Waals surface area (Å²) in [5.41, 5.74) is 4.73. The minimum absolute atomic E-state index is 0.0677. The van der Waals surface area contributed by atoms with Crippen LogP contribution in [0.3, 0.4) is 0 Å². The Kier molecular flexibility index (Phi) is 6.55. The van der Waals surface area contributed by atoms with Crippen LogP contribution in [0.4, 0.5) is 11.6 Å². The minimum atomic E-state index is -0.102. The van der Waals surface area contributed by atoms with Crippen LogP contribution in [0.2, 0.25) is 0 Å². The molecule has 0 radical (unpaired) electrons. The molecule has 3 aromatic heterocycles. The van der Waals surface area contributed by atoms with Crippen LogP contribution in [0.1, 0.15) is 52.6 Å². The first kappa shape index (κ1) is 24.1. The topological polar surface area (TPSA) is 110 Å². The number of thiazole rings is 1. The molecule has 3 N–H and O–H groups in total. The van der Waals surface area contributed by atoms with E-state index in [1.807, 2.05) is 36.0 Å². The summed E-state index contributed by atoms with van der Waals surface area (Å²) < 4.78 is 1.96. The Morgan fingerprint density at radius 2 is 2.03 bits per heavy atom. The van der Waals surface area contributed by atoms with E-state index in [4.69, 9.17) is 0 Å². The van der Waals surface area contributed by atoms with Crippen LogP contribution in [-0.2, 0) is 12.0 Å². The number of aromatic nitrogens is 5. The molecule has 1 fully saturated rings. The van der Waals surface area contributed by atoms with Crippen LogP contribution in [0, 0.1) is 6.92 Å². The van der Waals surface area contributed by atoms with Crippen molar-refractivity contribution in [1.82, 2.24) is 35.4 Å². The monoisotopic (exact) mass is 502 g/mol. The average molecular weight is 503 g/mol. The summed E-state index contributed by atoms with van der Waals surface area (Å²) in [6.45, 7) is 10.7. The van der Waals surface area contributed by atoms with Crippen molar-refractivity contribution >= 4 is 28.9 Å². The van der Waals surface area contributed by atoms with Crippen LogP contribution in [-0.4, -0.2) is 43.7 Å². The van der Waals surface area contributed by atoms with Gasteiger partial charge in [0.1, 0.15) is 4.88 Å². The van der Waals surface area contributed by atoms with Crippen molar-refractivity contribution in [2.24, 2.45) is 0 Å². The van der Waals surface area contributed by atoms with E-state index in [2.05, 4.69) is 62.8 Å². The predicted octanol–water partition coefficient (Wildman–Crippen LogP) is 4.22. The van der Waals surface area contributed by atoms with Gasteiger partial charge in [-0.1, -0.05) is 32.9 Å². The van der Waals surface area contributed by atoms with Crippen LogP contribution in [0.25, 0.3) is 11.3 Å². The number of hydrogen-bond acceptors (Lipinski definition) is 8. The molecule has 0 saturated carbocycles. The van der Waals surface area contributed by atoms with Crippen LogP contribution in [0.15, 0.2) is 49.1 Å². The van der Waals surface area contributed by atoms with Gasteiger partial charge in [-0.2, -0.15) is 5.10 Å². The second-order valence-electron chi connectivity index (χ2n) is 10.0. The van der Waals surface area contributed by atoms with Crippen molar-refractivity contribution in [1.29, 1.82) is 0 Å². The molecule has 1 aliphatic heterocycles. The van der Waals surface area contributed by atoms with Gasteiger partial charge in [-0.15, -0.1) is 11.3 Å². The third-order valence-corrected chi connectivity index (χ3v) is 7.52. The molecule has 5 rings (SSSR count). The van der Waals surface area contributed by atoms with Crippen molar-refractivity contribution in [2.75, 3.05) is 18.4 Å². The van der Waals surface area contributed by atoms with E-state index < -0.39 is 0 Å². The minimum Gasteiger partial charge on any atom is -0.347 e. The second-order valence-corrected chi connectivity index (χ2v) is 11.0. The van der Waals surface area contributed by atoms with Crippen LogP contribution in [0.5, 0.6) is 0 Å². The van der Waals surface area contributed by atoms with Gasteiger partial charge in [0.2, 0.25) is 5.95 Å². The molecule has 0 bridgehead atoms. The highest BCUT2D eigenvalue weighted by Crippen LogP contribution is 2.27. The molecule has 1 aromatic carbocycles. The maximum atomic E-state index is 12.6. The lowest BCUT2D eigenvalue weighted by Crippen LogP contribution is -2.43. The molecule has 1 aliphatic rings. The Labute approximate surface area is 214 Å². The summed E-state index contributed by atoms with van der Waals surface area (Å²) in [6, 6.07) is 8.43. The van der Waals surface area contributed by atoms with E-state index in [9.17, 15) is 4.79 Å². The molecule has 186 valence electrons. The number of rotatable bonds is 7. The Hall–Kier alpha value is -3.63. The molecule has 0 atom stereocenters. The number of benzene rings is 1. The SMILES string of the molecule is Cc1cc(-c2ccnc(Nc3cnn(C4CNC4)c3)n2)ccc1CNC(=O)c1cnc(C(C)(C)C)s1. The third kappa shape index (κ3) is 5.29. The quantitative estimate of drug-likeness (QED) is 0.347. The van der Waals surface area contributed by atoms with Gasteiger partial charge in [0, 0.05) is 43.0 Å². The molecular weight excluding hydrogens is 472 g/mol. The van der Waals surface area contributed by atoms with E-state index in [0.717, 1.165) is 46.2 Å². The lowest BCUT2D eigenvalue weighted by atomic mass is 9.98. The summed E-state index contributed by atoms with van der Waals surface area (Å²) in [6.07, 6.45) is 7.17. The fourth-order valence-corrected chi connectivity index (χ4v) is 4.70. The lowest BCUT2D eigenvalue weighted by molar-refractivity contribution is 0.0954. The van der Waals surface area contributed by atoms with E-state index in [-0.39, 0.29) is 11.3 Å². The Bertz CT molecular complexity index is 1380. The molecule has 4 aromatic rings. The zero-order chi connectivity index (χ0) is 25.3. The fraction of sp³-hybridized carbons (Fsp3) is 0.346. The number of aryl methyl sites for hydroxylation is 1. The Morgan fingerprint density at radius 3 is 2.72 bits per heavy atom. The predicted molar refractivity (Wildman–Crippen MR) is 142 cm³/mol. The lowest BCUT2D eigenvalue weighted by Gasteiger charge is -2.27. The van der Waals surface area contributed by atoms with Gasteiger partial charge < -0.3 is 16.0 Å². The first-order valence-electron chi connectivity index (χ1n) is 12.0. The first-order valence-corrected chi connectivity index (χ1v) is 12.8. The van der Waals surface area contributed by atoms with Crippen molar-refractivity contribution in [2.45, 2.75) is 45.7 Å². The summed E-state index contributed by atoms with van der Waals surface area (Å²) in [5, 5.41) is 14.9. The molecule has 0 aliphatic carbocycles. The maximum Gasteiger partial charge on any atom is 0.263 e. The number of carbonyl (C=O) groups excluding carboxylic acids is 1. The van der Waals surface area contributed by atoms with Gasteiger partial charge in [0.05, 0.1) is 34.8 Å². The highest BCUT2D eigenvalue weighted by molar-refractivity contribution is 7.13. The highest BCUT2D eigenvalue weighted by Gasteiger charge is 2.21. The zero-order valence-electron chi connectivity index (χ0n) is 20.9. The van der Waals surface area contributed by atoms with Crippen molar-refractivity contribution in [3.8, 4) is 11.3 Å². The van der Waals surface area contributed by atoms with E-state index in [1.54, 1.807) is 18.6 Å². The molecule has 36 heavy (non-hydrogen) atoms. The number of hydrogen-bond donors (Lipinski definition) is 3. The number of carbonyl (C=O) groups is 1. The molecular formula is C26H30N8OS. The van der Waals surface area contributed by atoms with Gasteiger partial charge in [-0.25, -0.2) is 15.0 Å². The average Bonchev–Trinajstić information content (AvgIpc) is 3.47. The molecule has 0 spiro atoms. The van der Waals surface area contributed by atoms with Gasteiger partial charge >= 0.3 is 0 Å². The number of amides is 1. The van der Waals surface area contributed by atoms with Gasteiger partial charge in [0.25, 0.3) is 5.91 Å². The first-order chi connectivity index (χ1) is 17.3. The second kappa shape index (κ2) is 9.79. The van der Waals surface area contributed by atoms with Gasteiger partial charge in [-0.05, 0) is 30.2 Å². The van der Waals surface area contributed by atoms with Gasteiger partial charge in [0.15, 0.2) is 0 Å². The molecule has 10 heteroatoms. The van der Waals surface area contributed by atoms with Crippen molar-refractivity contribution < 1.29 is 4.79 Å². The van der Waals surface area contributed by atoms with Gasteiger partial charge in [-0.3, -0.25) is 9.48 Å². The maximum absolute atomic E-state index is 12.6. The largest absolute Gasteiger partial charge is 0.347 e. The standard InChI is InChI=1S/C26H30N8OS/c1-16-9-17(5-6-18(16)10-29-23(35)22-14-30-24(36-22)26(2,3)4)21-7-8-28-25(33-21)32-19-11-31-34(15-19)20-12-27-13-20/h5-9,11,14-15,20,27H,10,12-13H2,1-4H3,(H,29,35)(H,28,32,33). The molecule has 0 unspecified atom stereocenters. The summed E-state index contributed by atoms with van der Waals surface area (Å²) in [7, 11) is 0.